The van der Waals surface area contributed by atoms with Gasteiger partial charge in [-0.05, 0) is 24.6 Å². The summed E-state index contributed by atoms with van der Waals surface area (Å²) in [6, 6.07) is 8.64. The number of nitrogens with zero attached hydrogens (tertiary/aromatic N) is 1. The first kappa shape index (κ1) is 15.2. The van der Waals surface area contributed by atoms with Crippen LogP contribution in [0.15, 0.2) is 30.0 Å². The van der Waals surface area contributed by atoms with Gasteiger partial charge in [-0.25, -0.2) is 0 Å². The molecule has 0 saturated heterocycles. The maximum atomic E-state index is 6.41. The highest BCUT2D eigenvalue weighted by Gasteiger charge is 2.38. The molecule has 0 aromatic heterocycles. The number of allylic oxidation sites excluding steroid dienone is 1. The van der Waals surface area contributed by atoms with E-state index in [2.05, 4.69) is 49.9 Å². The number of rotatable bonds is 7. The van der Waals surface area contributed by atoms with Crippen LogP contribution in [0.1, 0.15) is 64.9 Å². The van der Waals surface area contributed by atoms with E-state index in [1.165, 1.54) is 49.8 Å². The lowest BCUT2D eigenvalue weighted by atomic mass is 9.84. The Morgan fingerprint density at radius 1 is 1.00 bits per heavy atom. The van der Waals surface area contributed by atoms with Gasteiger partial charge in [0.15, 0.2) is 0 Å². The number of para-hydroxylation sites is 1. The maximum absolute atomic E-state index is 6.41. The third-order valence-electron chi connectivity index (χ3n) is 4.53. The predicted octanol–water partition coefficient (Wildman–Crippen LogP) is 5.46. The fraction of sp³-hybridized carbons (Fsp3) is 0.579. The molecule has 1 aliphatic heterocycles. The zero-order valence-corrected chi connectivity index (χ0v) is 13.3. The molecule has 1 radical (unpaired) electrons. The zero-order valence-electron chi connectivity index (χ0n) is 13.3. The minimum absolute atomic E-state index is 0.0290. The van der Waals surface area contributed by atoms with Gasteiger partial charge in [0, 0.05) is 23.3 Å². The average Bonchev–Trinajstić information content (AvgIpc) is 2.64. The number of fused-ring (bicyclic) bond motifs is 1. The first-order valence-corrected chi connectivity index (χ1v) is 8.09. The van der Waals surface area contributed by atoms with E-state index in [-0.39, 0.29) is 5.41 Å². The van der Waals surface area contributed by atoms with E-state index in [9.17, 15) is 0 Å². The van der Waals surface area contributed by atoms with Crippen molar-refractivity contribution in [3.63, 3.8) is 0 Å². The minimum atomic E-state index is -0.0290. The Balaban J connectivity index is 1.94. The Labute approximate surface area is 124 Å². The molecular formula is C19H28N. The molecule has 0 N–H and O–H groups in total. The van der Waals surface area contributed by atoms with Crippen molar-refractivity contribution in [3.05, 3.63) is 42.1 Å². The van der Waals surface area contributed by atoms with Crippen molar-refractivity contribution in [2.45, 2.75) is 64.7 Å². The van der Waals surface area contributed by atoms with Gasteiger partial charge in [0.1, 0.15) is 0 Å². The second-order valence-corrected chi connectivity index (χ2v) is 6.45. The number of hydrogen-bond acceptors (Lipinski definition) is 1. The largest absolute Gasteiger partial charge is 0.344 e. The quantitative estimate of drug-likeness (QED) is 0.594. The molecule has 0 atom stereocenters. The van der Waals surface area contributed by atoms with Crippen LogP contribution in [0.5, 0.6) is 0 Å². The van der Waals surface area contributed by atoms with Crippen LogP contribution < -0.4 is 4.90 Å². The normalized spacial score (nSPS) is 16.6. The van der Waals surface area contributed by atoms with E-state index in [4.69, 9.17) is 6.58 Å². The summed E-state index contributed by atoms with van der Waals surface area (Å²) in [6.07, 6.45) is 7.95. The molecule has 0 bridgehead atoms. The monoisotopic (exact) mass is 270 g/mol. The van der Waals surface area contributed by atoms with Gasteiger partial charge in [0.2, 0.25) is 0 Å². The standard InChI is InChI=1S/C19H28N/c1-5-6-7-8-9-12-15-20-16(2)19(3,4)17-13-10-11-14-18(17)20/h2,10-11,13-14H,5-9,12,15H2,1,3-4H3. The fourth-order valence-electron chi connectivity index (χ4n) is 3.13. The van der Waals surface area contributed by atoms with E-state index in [1.807, 2.05) is 0 Å². The van der Waals surface area contributed by atoms with E-state index in [1.54, 1.807) is 0 Å². The Kier molecular flexibility index (Phi) is 4.91. The summed E-state index contributed by atoms with van der Waals surface area (Å²) in [5.74, 6) is 0. The van der Waals surface area contributed by atoms with Crippen molar-refractivity contribution in [1.29, 1.82) is 0 Å². The lowest BCUT2D eigenvalue weighted by Crippen LogP contribution is -2.26. The molecule has 1 aliphatic rings. The Morgan fingerprint density at radius 2 is 1.65 bits per heavy atom. The average molecular weight is 270 g/mol. The van der Waals surface area contributed by atoms with Crippen molar-refractivity contribution in [1.82, 2.24) is 0 Å². The van der Waals surface area contributed by atoms with E-state index in [0.717, 1.165) is 12.2 Å². The summed E-state index contributed by atoms with van der Waals surface area (Å²) in [7, 11) is 0. The van der Waals surface area contributed by atoms with Crippen LogP contribution in [0.3, 0.4) is 0 Å². The van der Waals surface area contributed by atoms with Crippen LogP contribution >= 0.6 is 0 Å². The smallest absolute Gasteiger partial charge is 0.0450 e. The van der Waals surface area contributed by atoms with Gasteiger partial charge >= 0.3 is 0 Å². The molecule has 1 heteroatoms. The van der Waals surface area contributed by atoms with Gasteiger partial charge in [0.25, 0.3) is 0 Å². The summed E-state index contributed by atoms with van der Waals surface area (Å²) < 4.78 is 0. The van der Waals surface area contributed by atoms with Gasteiger partial charge in [-0.15, -0.1) is 0 Å². The lowest BCUT2D eigenvalue weighted by molar-refractivity contribution is 0.592. The van der Waals surface area contributed by atoms with Gasteiger partial charge < -0.3 is 4.90 Å². The molecule has 0 spiro atoms. The molecule has 1 nitrogen and oxygen atoms in total. The molecule has 1 aromatic carbocycles. The van der Waals surface area contributed by atoms with Crippen LogP contribution in [0, 0.1) is 6.58 Å². The Hall–Kier alpha value is -1.24. The second-order valence-electron chi connectivity index (χ2n) is 6.45. The third kappa shape index (κ3) is 2.92. The topological polar surface area (TPSA) is 3.24 Å². The first-order valence-electron chi connectivity index (χ1n) is 8.09. The lowest BCUT2D eigenvalue weighted by Gasteiger charge is -2.25. The fourth-order valence-corrected chi connectivity index (χ4v) is 3.13. The van der Waals surface area contributed by atoms with E-state index < -0.39 is 0 Å². The highest BCUT2D eigenvalue weighted by atomic mass is 15.2. The summed E-state index contributed by atoms with van der Waals surface area (Å²) in [5.41, 5.74) is 3.65. The minimum Gasteiger partial charge on any atom is -0.344 e. The zero-order chi connectivity index (χ0) is 14.6. The van der Waals surface area contributed by atoms with Gasteiger partial charge in [0.05, 0.1) is 0 Å². The Morgan fingerprint density at radius 3 is 2.40 bits per heavy atom. The molecule has 0 aliphatic carbocycles. The number of hydrogen-bond donors (Lipinski definition) is 0. The summed E-state index contributed by atoms with van der Waals surface area (Å²) in [4.78, 5) is 2.33. The van der Waals surface area contributed by atoms with Crippen molar-refractivity contribution in [2.24, 2.45) is 0 Å². The SMILES string of the molecule is [CH]=C1N(CCCCCCCC)c2ccccc2C1(C)C. The number of unbranched alkanes of at least 4 members (excludes halogenated alkanes) is 5. The summed E-state index contributed by atoms with van der Waals surface area (Å²) in [5, 5.41) is 0. The Bertz CT molecular complexity index is 459. The summed E-state index contributed by atoms with van der Waals surface area (Å²) >= 11 is 0. The van der Waals surface area contributed by atoms with Crippen molar-refractivity contribution < 1.29 is 0 Å². The summed E-state index contributed by atoms with van der Waals surface area (Å²) in [6.45, 7) is 14.2. The van der Waals surface area contributed by atoms with Gasteiger partial charge in [-0.1, -0.05) is 71.1 Å². The number of benzene rings is 1. The number of anilines is 1. The van der Waals surface area contributed by atoms with Crippen molar-refractivity contribution >= 4 is 5.69 Å². The molecule has 1 heterocycles. The molecule has 0 saturated carbocycles. The maximum Gasteiger partial charge on any atom is 0.0450 e. The highest BCUT2D eigenvalue weighted by Crippen LogP contribution is 2.46. The second kappa shape index (κ2) is 6.47. The van der Waals surface area contributed by atoms with Crippen molar-refractivity contribution in [3.8, 4) is 0 Å². The third-order valence-corrected chi connectivity index (χ3v) is 4.53. The van der Waals surface area contributed by atoms with Crippen LogP contribution in [0.4, 0.5) is 5.69 Å². The van der Waals surface area contributed by atoms with Crippen LogP contribution in [-0.2, 0) is 5.41 Å². The highest BCUT2D eigenvalue weighted by molar-refractivity contribution is 5.69. The van der Waals surface area contributed by atoms with Gasteiger partial charge in [-0.3, -0.25) is 0 Å². The van der Waals surface area contributed by atoms with Crippen LogP contribution in [-0.4, -0.2) is 6.54 Å². The van der Waals surface area contributed by atoms with Gasteiger partial charge in [-0.2, -0.15) is 0 Å². The molecule has 0 amide bonds. The molecule has 20 heavy (non-hydrogen) atoms. The van der Waals surface area contributed by atoms with E-state index >= 15 is 0 Å². The molecule has 1 aromatic rings. The first-order chi connectivity index (χ1) is 9.59. The molecule has 109 valence electrons. The predicted molar refractivity (Wildman–Crippen MR) is 88.0 cm³/mol. The van der Waals surface area contributed by atoms with Crippen LogP contribution in [0.2, 0.25) is 0 Å². The molecule has 0 unspecified atom stereocenters. The molecular weight excluding hydrogens is 242 g/mol. The van der Waals surface area contributed by atoms with E-state index in [0.29, 0.717) is 0 Å². The molecule has 0 fully saturated rings. The van der Waals surface area contributed by atoms with Crippen LogP contribution in [0.25, 0.3) is 0 Å². The molecule has 2 rings (SSSR count). The van der Waals surface area contributed by atoms with Crippen molar-refractivity contribution in [2.75, 3.05) is 11.4 Å².